The lowest BCUT2D eigenvalue weighted by atomic mass is 10.0. The second-order valence-corrected chi connectivity index (χ2v) is 17.3. The van der Waals surface area contributed by atoms with E-state index in [9.17, 15) is 14.4 Å². The van der Waals surface area contributed by atoms with E-state index in [0.717, 1.165) is 77.8 Å². The highest BCUT2D eigenvalue weighted by Gasteiger charge is 2.27. The summed E-state index contributed by atoms with van der Waals surface area (Å²) in [5.41, 5.74) is 5.17. The zero-order valence-corrected chi connectivity index (χ0v) is 39.3. The maximum absolute atomic E-state index is 13.6. The first-order valence-corrected chi connectivity index (χ1v) is 23.4. The van der Waals surface area contributed by atoms with Gasteiger partial charge in [-0.3, -0.25) is 14.7 Å². The maximum atomic E-state index is 13.6. The van der Waals surface area contributed by atoms with Crippen molar-refractivity contribution < 1.29 is 42.8 Å². The molecule has 0 spiro atoms. The quantitative estimate of drug-likeness (QED) is 0.104. The lowest BCUT2D eigenvalue weighted by molar-refractivity contribution is 0.106. The number of rotatable bonds is 15. The summed E-state index contributed by atoms with van der Waals surface area (Å²) in [7, 11) is 5.03. The van der Waals surface area contributed by atoms with Crippen molar-refractivity contribution >= 4 is 18.3 Å². The molecule has 5 aromatic rings. The first kappa shape index (κ1) is 47.7. The van der Waals surface area contributed by atoms with Crippen LogP contribution in [-0.4, -0.2) is 148 Å². The number of carbonyl (C=O) groups excluding carboxylic acids is 3. The van der Waals surface area contributed by atoms with Crippen LogP contribution in [0.15, 0.2) is 115 Å². The van der Waals surface area contributed by atoms with Crippen LogP contribution in [0.25, 0.3) is 0 Å². The number of hydrogen-bond acceptors (Lipinski definition) is 12. The molecular weight excluding hydrogens is 865 g/mol. The summed E-state index contributed by atoms with van der Waals surface area (Å²) >= 11 is 0. The fourth-order valence-corrected chi connectivity index (χ4v) is 8.89. The molecule has 3 aliphatic rings. The van der Waals surface area contributed by atoms with E-state index in [-0.39, 0.29) is 6.09 Å². The van der Waals surface area contributed by atoms with Gasteiger partial charge < -0.3 is 43.1 Å². The molecule has 0 saturated carbocycles. The van der Waals surface area contributed by atoms with Gasteiger partial charge in [0.05, 0.1) is 21.3 Å². The monoisotopic (exact) mass is 926 g/mol. The van der Waals surface area contributed by atoms with Crippen LogP contribution in [-0.2, 0) is 32.5 Å². The molecule has 358 valence electrons. The Labute approximate surface area is 399 Å². The average Bonchev–Trinajstić information content (AvgIpc) is 3.37. The largest absolute Gasteiger partial charge is 0.496 e. The number of aryl methyl sites for hydroxylation is 2. The molecule has 8 rings (SSSR count). The molecule has 5 aromatic carbocycles. The number of nitrogens with zero attached hydrogens (tertiary/aromatic N) is 6. The lowest BCUT2D eigenvalue weighted by Gasteiger charge is -2.34. The van der Waals surface area contributed by atoms with Crippen molar-refractivity contribution in [2.24, 2.45) is 0 Å². The molecule has 3 amide bonds. The number of carbonyl (C=O) groups is 3. The predicted molar refractivity (Wildman–Crippen MR) is 258 cm³/mol. The van der Waals surface area contributed by atoms with Crippen molar-refractivity contribution in [2.45, 2.75) is 32.5 Å². The molecule has 3 heterocycles. The van der Waals surface area contributed by atoms with Gasteiger partial charge in [0.2, 0.25) is 0 Å². The van der Waals surface area contributed by atoms with Crippen molar-refractivity contribution in [3.05, 3.63) is 143 Å². The molecule has 3 fully saturated rings. The van der Waals surface area contributed by atoms with E-state index in [1.807, 2.05) is 91.0 Å². The summed E-state index contributed by atoms with van der Waals surface area (Å²) in [6, 6.07) is 36.7. The molecule has 15 nitrogen and oxygen atoms in total. The summed E-state index contributed by atoms with van der Waals surface area (Å²) < 4.78 is 34.4. The first-order valence-electron chi connectivity index (χ1n) is 23.4. The number of piperazine rings is 3. The molecule has 0 unspecified atom stereocenters. The van der Waals surface area contributed by atoms with E-state index in [0.29, 0.717) is 95.5 Å². The molecule has 3 aliphatic heterocycles. The second kappa shape index (κ2) is 23.3. The molecule has 0 aliphatic carbocycles. The molecule has 0 aromatic heterocycles. The van der Waals surface area contributed by atoms with Crippen LogP contribution in [0.1, 0.15) is 27.8 Å². The third kappa shape index (κ3) is 12.8. The van der Waals surface area contributed by atoms with E-state index in [1.165, 1.54) is 0 Å². The third-order valence-electron chi connectivity index (χ3n) is 12.8. The van der Waals surface area contributed by atoms with Gasteiger partial charge in [0.25, 0.3) is 0 Å². The zero-order chi connectivity index (χ0) is 47.2. The van der Waals surface area contributed by atoms with Gasteiger partial charge in [0.15, 0.2) is 0 Å². The highest BCUT2D eigenvalue weighted by atomic mass is 16.6. The van der Waals surface area contributed by atoms with Gasteiger partial charge in [-0.25, -0.2) is 14.4 Å². The predicted octanol–water partition coefficient (Wildman–Crippen LogP) is 7.45. The molecule has 0 bridgehead atoms. The van der Waals surface area contributed by atoms with Crippen molar-refractivity contribution in [1.29, 1.82) is 0 Å². The highest BCUT2D eigenvalue weighted by Crippen LogP contribution is 2.28. The van der Waals surface area contributed by atoms with E-state index >= 15 is 0 Å². The minimum atomic E-state index is -0.456. The van der Waals surface area contributed by atoms with Gasteiger partial charge >= 0.3 is 18.3 Å². The van der Waals surface area contributed by atoms with E-state index < -0.39 is 12.2 Å². The van der Waals surface area contributed by atoms with Crippen LogP contribution >= 0.6 is 0 Å². The Bertz CT molecular complexity index is 2360. The summed E-state index contributed by atoms with van der Waals surface area (Å²) in [6.07, 6.45) is -0.0789. The molecule has 0 radical (unpaired) electrons. The van der Waals surface area contributed by atoms with Gasteiger partial charge in [0.1, 0.15) is 34.5 Å². The van der Waals surface area contributed by atoms with Gasteiger partial charge in [-0.15, -0.1) is 0 Å². The van der Waals surface area contributed by atoms with Crippen LogP contribution in [0.4, 0.5) is 14.4 Å². The molecule has 15 heteroatoms. The van der Waals surface area contributed by atoms with E-state index in [1.54, 1.807) is 42.1 Å². The number of ether oxygens (including phenoxy) is 6. The minimum absolute atomic E-state index is 0.302. The number of amides is 3. The Morgan fingerprint density at radius 1 is 0.382 bits per heavy atom. The standard InChI is InChI=1S/C53H62N6O9/c1-63-48-13-7-4-10-42(48)37-54-22-28-57(29-23-54)51(60)66-45-20-18-40(19-21-45)16-17-41-34-46(67-52(61)58-30-24-55(25-31-58)38-43-11-5-8-14-49(43)64-2)36-47(35-41)68-53(62)59-32-26-56(27-33-59)39-44-12-6-9-15-50(44)65-3/h4-15,18-21,34-36H,16-17,22-33,37-39H2,1-3H3. The van der Waals surface area contributed by atoms with Crippen molar-refractivity contribution in [1.82, 2.24) is 29.4 Å². The molecule has 0 atom stereocenters. The molecule has 68 heavy (non-hydrogen) atoms. The molecular formula is C53H62N6O9. The number of para-hydroxylation sites is 3. The van der Waals surface area contributed by atoms with Gasteiger partial charge in [-0.1, -0.05) is 66.7 Å². The molecule has 0 N–H and O–H groups in total. The van der Waals surface area contributed by atoms with Crippen LogP contribution < -0.4 is 28.4 Å². The van der Waals surface area contributed by atoms with E-state index in [2.05, 4.69) is 32.9 Å². The van der Waals surface area contributed by atoms with Crippen LogP contribution in [0.2, 0.25) is 0 Å². The van der Waals surface area contributed by atoms with Crippen molar-refractivity contribution in [3.8, 4) is 34.5 Å². The zero-order valence-electron chi connectivity index (χ0n) is 39.3. The Morgan fingerprint density at radius 3 is 1.06 bits per heavy atom. The first-order chi connectivity index (χ1) is 33.2. The lowest BCUT2D eigenvalue weighted by Crippen LogP contribution is -2.49. The number of hydrogen-bond donors (Lipinski definition) is 0. The Kier molecular flexibility index (Phi) is 16.3. The van der Waals surface area contributed by atoms with Crippen molar-refractivity contribution in [3.63, 3.8) is 0 Å². The minimum Gasteiger partial charge on any atom is -0.496 e. The topological polar surface area (TPSA) is 126 Å². The Morgan fingerprint density at radius 2 is 0.706 bits per heavy atom. The maximum Gasteiger partial charge on any atom is 0.415 e. The average molecular weight is 927 g/mol. The Hall–Kier alpha value is -6.81. The van der Waals surface area contributed by atoms with Gasteiger partial charge in [0, 0.05) is 121 Å². The smallest absolute Gasteiger partial charge is 0.415 e. The third-order valence-corrected chi connectivity index (χ3v) is 12.8. The normalized spacial score (nSPS) is 16.0. The van der Waals surface area contributed by atoms with E-state index in [4.69, 9.17) is 28.4 Å². The number of methoxy groups -OCH3 is 3. The Balaban J connectivity index is 0.867. The highest BCUT2D eigenvalue weighted by molar-refractivity contribution is 5.73. The summed E-state index contributed by atoms with van der Waals surface area (Å²) in [6.45, 7) is 9.56. The van der Waals surface area contributed by atoms with Gasteiger partial charge in [-0.2, -0.15) is 0 Å². The fourth-order valence-electron chi connectivity index (χ4n) is 8.89. The van der Waals surface area contributed by atoms with Gasteiger partial charge in [-0.05, 0) is 66.4 Å². The summed E-state index contributed by atoms with van der Waals surface area (Å²) in [5, 5.41) is 0. The van der Waals surface area contributed by atoms with Crippen LogP contribution in [0.5, 0.6) is 34.5 Å². The van der Waals surface area contributed by atoms with Crippen molar-refractivity contribution in [2.75, 3.05) is 99.9 Å². The second-order valence-electron chi connectivity index (χ2n) is 17.3. The fraction of sp³-hybridized carbons (Fsp3) is 0.377. The van der Waals surface area contributed by atoms with Crippen LogP contribution in [0, 0.1) is 0 Å². The summed E-state index contributed by atoms with van der Waals surface area (Å²) in [5.74, 6) is 3.63. The molecule has 3 saturated heterocycles. The number of benzene rings is 5. The summed E-state index contributed by atoms with van der Waals surface area (Å²) in [4.78, 5) is 52.4. The van der Waals surface area contributed by atoms with Crippen LogP contribution in [0.3, 0.4) is 0 Å². The SMILES string of the molecule is COc1ccccc1CN1CCN(C(=O)Oc2ccc(CCc3cc(OC(=O)N4CCN(Cc5ccccc5OC)CC4)cc(OC(=O)N4CCN(Cc5ccccc5OC)CC4)c3)cc2)CC1.